The predicted molar refractivity (Wildman–Crippen MR) is 61.6 cm³/mol. The Morgan fingerprint density at radius 1 is 1.33 bits per heavy atom. The van der Waals surface area contributed by atoms with Crippen LogP contribution in [0.2, 0.25) is 5.15 Å². The first-order chi connectivity index (χ1) is 7.07. The van der Waals surface area contributed by atoms with Gasteiger partial charge in [0.25, 0.3) is 5.88 Å². The van der Waals surface area contributed by atoms with E-state index in [0.717, 1.165) is 24.6 Å². The third kappa shape index (κ3) is 2.82. The number of hydrogen-bond donors (Lipinski definition) is 0. The van der Waals surface area contributed by atoms with E-state index in [1.54, 1.807) is 0 Å². The smallest absolute Gasteiger partial charge is 0.265 e. The Morgan fingerprint density at radius 2 is 2.00 bits per heavy atom. The van der Waals surface area contributed by atoms with Crippen LogP contribution in [0.1, 0.15) is 39.5 Å². The summed E-state index contributed by atoms with van der Waals surface area (Å²) in [7, 11) is 0. The van der Waals surface area contributed by atoms with E-state index in [-0.39, 0.29) is 6.10 Å². The molecule has 0 atom stereocenters. The maximum atomic E-state index is 5.83. The lowest BCUT2D eigenvalue weighted by Gasteiger charge is -2.33. The lowest BCUT2D eigenvalue weighted by atomic mass is 9.76. The molecule has 0 radical (unpaired) electrons. The molecule has 1 aliphatic carbocycles. The van der Waals surface area contributed by atoms with Crippen LogP contribution in [0.5, 0.6) is 5.88 Å². The highest BCUT2D eigenvalue weighted by Crippen LogP contribution is 2.37. The van der Waals surface area contributed by atoms with Crippen molar-refractivity contribution >= 4 is 23.3 Å². The Hall–Kier alpha value is -0.350. The van der Waals surface area contributed by atoms with Crippen molar-refractivity contribution in [3.05, 3.63) is 5.15 Å². The van der Waals surface area contributed by atoms with Gasteiger partial charge in [-0.3, -0.25) is 0 Å². The molecule has 1 fully saturated rings. The molecule has 1 aromatic heterocycles. The minimum Gasteiger partial charge on any atom is -0.472 e. The number of rotatable bonds is 2. The summed E-state index contributed by atoms with van der Waals surface area (Å²) in [6.07, 6.45) is 4.83. The summed E-state index contributed by atoms with van der Waals surface area (Å²) in [5.41, 5.74) is 0.462. The molecule has 0 aromatic carbocycles. The van der Waals surface area contributed by atoms with Crippen LogP contribution in [-0.2, 0) is 0 Å². The zero-order chi connectivity index (χ0) is 10.9. The molecule has 1 heterocycles. The number of nitrogens with zero attached hydrogens (tertiary/aromatic N) is 2. The van der Waals surface area contributed by atoms with Gasteiger partial charge in [-0.15, -0.1) is 4.37 Å². The van der Waals surface area contributed by atoms with Crippen molar-refractivity contribution in [3.8, 4) is 5.88 Å². The highest BCUT2D eigenvalue weighted by Gasteiger charge is 2.28. The van der Waals surface area contributed by atoms with E-state index in [2.05, 4.69) is 22.6 Å². The van der Waals surface area contributed by atoms with E-state index >= 15 is 0 Å². The molecule has 2 rings (SSSR count). The van der Waals surface area contributed by atoms with E-state index in [9.17, 15) is 0 Å². The van der Waals surface area contributed by atoms with Crippen molar-refractivity contribution in [2.75, 3.05) is 0 Å². The van der Waals surface area contributed by atoms with Crippen molar-refractivity contribution in [3.63, 3.8) is 0 Å². The van der Waals surface area contributed by atoms with Crippen LogP contribution >= 0.6 is 23.3 Å². The standard InChI is InChI=1S/C10H15ClN2OS/c1-10(2)5-3-7(4-6-10)14-9-8(11)12-15-13-9/h7H,3-6H2,1-2H3. The molecule has 84 valence electrons. The molecule has 1 aliphatic rings. The summed E-state index contributed by atoms with van der Waals surface area (Å²) >= 11 is 6.92. The summed E-state index contributed by atoms with van der Waals surface area (Å²) in [4.78, 5) is 0. The second-order valence-electron chi connectivity index (χ2n) is 4.84. The first-order valence-electron chi connectivity index (χ1n) is 5.21. The lowest BCUT2D eigenvalue weighted by Crippen LogP contribution is -2.28. The average Bonchev–Trinajstić information content (AvgIpc) is 2.56. The van der Waals surface area contributed by atoms with Gasteiger partial charge in [-0.25, -0.2) is 0 Å². The van der Waals surface area contributed by atoms with Gasteiger partial charge in [0.05, 0.1) is 11.7 Å². The molecule has 5 heteroatoms. The van der Waals surface area contributed by atoms with Crippen molar-refractivity contribution < 1.29 is 4.74 Å². The van der Waals surface area contributed by atoms with E-state index in [0.29, 0.717) is 16.4 Å². The zero-order valence-corrected chi connectivity index (χ0v) is 10.6. The fraction of sp³-hybridized carbons (Fsp3) is 0.800. The molecule has 1 saturated carbocycles. The largest absolute Gasteiger partial charge is 0.472 e. The Kier molecular flexibility index (Phi) is 3.16. The molecular formula is C10H15ClN2OS. The summed E-state index contributed by atoms with van der Waals surface area (Å²) in [5, 5.41) is 0.393. The Bertz CT molecular complexity index is 330. The summed E-state index contributed by atoms with van der Waals surface area (Å²) < 4.78 is 13.6. The normalized spacial score (nSPS) is 21.5. The predicted octanol–water partition coefficient (Wildman–Crippen LogP) is 3.54. The van der Waals surface area contributed by atoms with Gasteiger partial charge in [0.2, 0.25) is 5.15 Å². The van der Waals surface area contributed by atoms with Gasteiger partial charge in [-0.2, -0.15) is 4.37 Å². The monoisotopic (exact) mass is 246 g/mol. The molecule has 0 bridgehead atoms. The van der Waals surface area contributed by atoms with Gasteiger partial charge < -0.3 is 4.74 Å². The lowest BCUT2D eigenvalue weighted by molar-refractivity contribution is 0.0957. The van der Waals surface area contributed by atoms with Gasteiger partial charge in [-0.1, -0.05) is 25.4 Å². The third-order valence-electron chi connectivity index (χ3n) is 2.99. The summed E-state index contributed by atoms with van der Waals surface area (Å²) in [6, 6.07) is 0. The van der Waals surface area contributed by atoms with Gasteiger partial charge >= 0.3 is 0 Å². The molecule has 0 spiro atoms. The maximum absolute atomic E-state index is 5.83. The fourth-order valence-electron chi connectivity index (χ4n) is 1.89. The van der Waals surface area contributed by atoms with E-state index in [1.807, 2.05) is 0 Å². The highest BCUT2D eigenvalue weighted by atomic mass is 35.5. The molecule has 0 unspecified atom stereocenters. The second kappa shape index (κ2) is 4.26. The van der Waals surface area contributed by atoms with Gasteiger partial charge in [0, 0.05) is 0 Å². The number of halogens is 1. The van der Waals surface area contributed by atoms with E-state index < -0.39 is 0 Å². The first-order valence-corrected chi connectivity index (χ1v) is 6.32. The minimum absolute atomic E-state index is 0.263. The van der Waals surface area contributed by atoms with Crippen LogP contribution < -0.4 is 4.74 Å². The molecule has 15 heavy (non-hydrogen) atoms. The SMILES string of the molecule is CC1(C)CCC(Oc2nsnc2Cl)CC1. The van der Waals surface area contributed by atoms with Crippen molar-refractivity contribution in [1.82, 2.24) is 8.75 Å². The van der Waals surface area contributed by atoms with Crippen molar-refractivity contribution in [2.24, 2.45) is 5.41 Å². The number of hydrogen-bond acceptors (Lipinski definition) is 4. The Morgan fingerprint density at radius 3 is 2.53 bits per heavy atom. The molecular weight excluding hydrogens is 232 g/mol. The summed E-state index contributed by atoms with van der Waals surface area (Å²) in [6.45, 7) is 4.61. The zero-order valence-electron chi connectivity index (χ0n) is 8.99. The number of ether oxygens (including phenoxy) is 1. The third-order valence-corrected chi connectivity index (χ3v) is 3.84. The Labute approximate surface area is 99.1 Å². The molecule has 3 nitrogen and oxygen atoms in total. The highest BCUT2D eigenvalue weighted by molar-refractivity contribution is 6.99. The fourth-order valence-corrected chi connectivity index (χ4v) is 2.51. The summed E-state index contributed by atoms with van der Waals surface area (Å²) in [5.74, 6) is 0.506. The maximum Gasteiger partial charge on any atom is 0.265 e. The average molecular weight is 247 g/mol. The van der Waals surface area contributed by atoms with Crippen LogP contribution in [0, 0.1) is 5.41 Å². The molecule has 0 saturated heterocycles. The minimum atomic E-state index is 0.263. The molecule has 0 amide bonds. The van der Waals surface area contributed by atoms with Crippen LogP contribution in [0.25, 0.3) is 0 Å². The van der Waals surface area contributed by atoms with Gasteiger partial charge in [0.15, 0.2) is 0 Å². The molecule has 1 aromatic rings. The first kappa shape index (κ1) is 11.1. The molecule has 0 aliphatic heterocycles. The van der Waals surface area contributed by atoms with Gasteiger partial charge in [-0.05, 0) is 31.1 Å². The van der Waals surface area contributed by atoms with E-state index in [4.69, 9.17) is 16.3 Å². The van der Waals surface area contributed by atoms with Crippen molar-refractivity contribution in [1.29, 1.82) is 0 Å². The van der Waals surface area contributed by atoms with Crippen LogP contribution in [0.4, 0.5) is 0 Å². The van der Waals surface area contributed by atoms with Crippen LogP contribution in [0.15, 0.2) is 0 Å². The molecule has 0 N–H and O–H groups in total. The second-order valence-corrected chi connectivity index (χ2v) is 5.73. The van der Waals surface area contributed by atoms with Gasteiger partial charge in [0.1, 0.15) is 6.10 Å². The van der Waals surface area contributed by atoms with E-state index in [1.165, 1.54) is 12.8 Å². The Balaban J connectivity index is 1.90. The van der Waals surface area contributed by atoms with Crippen LogP contribution in [0.3, 0.4) is 0 Å². The quantitative estimate of drug-likeness (QED) is 0.801. The van der Waals surface area contributed by atoms with Crippen LogP contribution in [-0.4, -0.2) is 14.9 Å². The topological polar surface area (TPSA) is 35.0 Å². The number of aromatic nitrogens is 2. The van der Waals surface area contributed by atoms with Crippen molar-refractivity contribution in [2.45, 2.75) is 45.6 Å².